The molecule has 0 spiro atoms. The van der Waals surface area contributed by atoms with Crippen LogP contribution < -0.4 is 20.1 Å². The molecule has 0 saturated carbocycles. The SMILES string of the molecule is CCn1ncc(NC(=S)Nc2ccc(OC)cc2OC)c1C(=O)N1CCOCC1. The first-order valence-electron chi connectivity index (χ1n) is 9.30. The summed E-state index contributed by atoms with van der Waals surface area (Å²) in [4.78, 5) is 14.8. The van der Waals surface area contributed by atoms with E-state index in [0.717, 1.165) is 0 Å². The Bertz CT molecular complexity index is 879. The monoisotopic (exact) mass is 419 g/mol. The molecule has 2 heterocycles. The number of carbonyl (C=O) groups is 1. The number of anilines is 2. The highest BCUT2D eigenvalue weighted by molar-refractivity contribution is 7.80. The van der Waals surface area contributed by atoms with Crippen LogP contribution in [0.5, 0.6) is 11.5 Å². The van der Waals surface area contributed by atoms with Crippen molar-refractivity contribution in [3.63, 3.8) is 0 Å². The first-order chi connectivity index (χ1) is 14.1. The average molecular weight is 420 g/mol. The molecule has 10 heteroatoms. The maximum absolute atomic E-state index is 13.0. The largest absolute Gasteiger partial charge is 0.497 e. The molecule has 0 bridgehead atoms. The highest BCUT2D eigenvalue weighted by atomic mass is 32.1. The van der Waals surface area contributed by atoms with Crippen molar-refractivity contribution in [2.45, 2.75) is 13.5 Å². The van der Waals surface area contributed by atoms with Crippen LogP contribution in [-0.4, -0.2) is 66.2 Å². The van der Waals surface area contributed by atoms with Gasteiger partial charge in [-0.15, -0.1) is 0 Å². The van der Waals surface area contributed by atoms with Gasteiger partial charge in [0.25, 0.3) is 5.91 Å². The highest BCUT2D eigenvalue weighted by Gasteiger charge is 2.25. The van der Waals surface area contributed by atoms with Crippen LogP contribution in [0.15, 0.2) is 24.4 Å². The third-order valence-corrected chi connectivity index (χ3v) is 4.75. The van der Waals surface area contributed by atoms with Crippen LogP contribution in [-0.2, 0) is 11.3 Å². The van der Waals surface area contributed by atoms with Gasteiger partial charge in [0.2, 0.25) is 0 Å². The van der Waals surface area contributed by atoms with Crippen molar-refractivity contribution in [1.82, 2.24) is 14.7 Å². The molecule has 1 aliphatic rings. The molecular formula is C19H25N5O4S. The van der Waals surface area contributed by atoms with Crippen LogP contribution in [0.4, 0.5) is 11.4 Å². The van der Waals surface area contributed by atoms with Gasteiger partial charge in [-0.25, -0.2) is 0 Å². The molecule has 1 saturated heterocycles. The maximum Gasteiger partial charge on any atom is 0.274 e. The van der Waals surface area contributed by atoms with Crippen LogP contribution in [0, 0.1) is 0 Å². The van der Waals surface area contributed by atoms with E-state index >= 15 is 0 Å². The Morgan fingerprint density at radius 1 is 1.21 bits per heavy atom. The second kappa shape index (κ2) is 9.57. The fourth-order valence-electron chi connectivity index (χ4n) is 3.04. The maximum atomic E-state index is 13.0. The standard InChI is InChI=1S/C19H25N5O4S/c1-4-24-17(18(25)23-7-9-28-10-8-23)15(12-20-24)22-19(29)21-14-6-5-13(26-2)11-16(14)27-3/h5-6,11-12H,4,7-10H2,1-3H3,(H2,21,22,29). The average Bonchev–Trinajstić information content (AvgIpc) is 3.16. The van der Waals surface area contributed by atoms with Crippen molar-refractivity contribution in [3.05, 3.63) is 30.1 Å². The quantitative estimate of drug-likeness (QED) is 0.689. The Labute approximate surface area is 174 Å². The number of thiocarbonyl (C=S) groups is 1. The number of rotatable bonds is 6. The summed E-state index contributed by atoms with van der Waals surface area (Å²) in [5.74, 6) is 1.16. The Hall–Kier alpha value is -2.85. The van der Waals surface area contributed by atoms with Gasteiger partial charge in [-0.1, -0.05) is 0 Å². The van der Waals surface area contributed by atoms with Crippen molar-refractivity contribution < 1.29 is 19.0 Å². The molecule has 9 nitrogen and oxygen atoms in total. The predicted octanol–water partition coefficient (Wildman–Crippen LogP) is 2.20. The van der Waals surface area contributed by atoms with Gasteiger partial charge in [-0.05, 0) is 31.3 Å². The van der Waals surface area contributed by atoms with E-state index in [0.29, 0.717) is 66.5 Å². The van der Waals surface area contributed by atoms with Crippen LogP contribution in [0.25, 0.3) is 0 Å². The van der Waals surface area contributed by atoms with E-state index in [1.54, 1.807) is 48.2 Å². The van der Waals surface area contributed by atoms with Crippen molar-refractivity contribution in [2.24, 2.45) is 0 Å². The van der Waals surface area contributed by atoms with Crippen molar-refractivity contribution in [3.8, 4) is 11.5 Å². The molecule has 1 aromatic carbocycles. The zero-order valence-corrected chi connectivity index (χ0v) is 17.5. The smallest absolute Gasteiger partial charge is 0.274 e. The molecule has 1 aromatic heterocycles. The second-order valence-corrected chi connectivity index (χ2v) is 6.68. The van der Waals surface area contributed by atoms with Gasteiger partial charge in [0, 0.05) is 25.7 Å². The lowest BCUT2D eigenvalue weighted by Crippen LogP contribution is -2.41. The number of nitrogens with one attached hydrogen (secondary N) is 2. The molecule has 0 atom stereocenters. The lowest BCUT2D eigenvalue weighted by atomic mass is 10.2. The van der Waals surface area contributed by atoms with E-state index in [9.17, 15) is 4.79 Å². The first-order valence-corrected chi connectivity index (χ1v) is 9.71. The molecule has 2 N–H and O–H groups in total. The van der Waals surface area contributed by atoms with E-state index in [-0.39, 0.29) is 5.91 Å². The minimum atomic E-state index is -0.0972. The van der Waals surface area contributed by atoms with Gasteiger partial charge in [-0.2, -0.15) is 5.10 Å². The fourth-order valence-corrected chi connectivity index (χ4v) is 3.26. The minimum Gasteiger partial charge on any atom is -0.497 e. The van der Waals surface area contributed by atoms with Crippen LogP contribution in [0.3, 0.4) is 0 Å². The lowest BCUT2D eigenvalue weighted by molar-refractivity contribution is 0.0295. The van der Waals surface area contributed by atoms with Gasteiger partial charge < -0.3 is 29.7 Å². The summed E-state index contributed by atoms with van der Waals surface area (Å²) in [5.41, 5.74) is 1.70. The third kappa shape index (κ3) is 4.77. The van der Waals surface area contributed by atoms with Crippen molar-refractivity contribution >= 4 is 34.6 Å². The van der Waals surface area contributed by atoms with Gasteiger partial charge >= 0.3 is 0 Å². The molecular weight excluding hydrogens is 394 g/mol. The second-order valence-electron chi connectivity index (χ2n) is 6.27. The predicted molar refractivity (Wildman–Crippen MR) is 114 cm³/mol. The van der Waals surface area contributed by atoms with E-state index < -0.39 is 0 Å². The highest BCUT2D eigenvalue weighted by Crippen LogP contribution is 2.29. The Kier molecular flexibility index (Phi) is 6.89. The summed E-state index contributed by atoms with van der Waals surface area (Å²) in [6.45, 7) is 4.68. The summed E-state index contributed by atoms with van der Waals surface area (Å²) in [6, 6.07) is 5.37. The van der Waals surface area contributed by atoms with Crippen LogP contribution >= 0.6 is 12.2 Å². The number of aromatic nitrogens is 2. The van der Waals surface area contributed by atoms with Gasteiger partial charge in [0.1, 0.15) is 17.2 Å². The Morgan fingerprint density at radius 3 is 2.59 bits per heavy atom. The number of carbonyl (C=O) groups excluding carboxylic acids is 1. The molecule has 156 valence electrons. The summed E-state index contributed by atoms with van der Waals surface area (Å²) in [6.07, 6.45) is 1.61. The van der Waals surface area contributed by atoms with Gasteiger partial charge in [0.05, 0.1) is 45.0 Å². The lowest BCUT2D eigenvalue weighted by Gasteiger charge is -2.27. The van der Waals surface area contributed by atoms with E-state index in [4.69, 9.17) is 26.4 Å². The van der Waals surface area contributed by atoms with Crippen LogP contribution in [0.1, 0.15) is 17.4 Å². The topological polar surface area (TPSA) is 89.9 Å². The molecule has 29 heavy (non-hydrogen) atoms. The van der Waals surface area contributed by atoms with E-state index in [1.165, 1.54) is 0 Å². The van der Waals surface area contributed by atoms with Gasteiger partial charge in [-0.3, -0.25) is 9.48 Å². The van der Waals surface area contributed by atoms with Crippen LogP contribution in [0.2, 0.25) is 0 Å². The first kappa shape index (κ1) is 20.9. The zero-order valence-electron chi connectivity index (χ0n) is 16.7. The molecule has 0 aliphatic carbocycles. The molecule has 0 unspecified atom stereocenters. The summed E-state index contributed by atoms with van der Waals surface area (Å²) in [7, 11) is 3.16. The molecule has 3 rings (SSSR count). The molecule has 1 fully saturated rings. The normalized spacial score (nSPS) is 13.7. The van der Waals surface area contributed by atoms with Crippen molar-refractivity contribution in [1.29, 1.82) is 0 Å². The number of nitrogens with zero attached hydrogens (tertiary/aromatic N) is 3. The minimum absolute atomic E-state index is 0.0972. The molecule has 2 aromatic rings. The number of morpholine rings is 1. The van der Waals surface area contributed by atoms with Gasteiger partial charge in [0.15, 0.2) is 5.11 Å². The number of hydrogen-bond donors (Lipinski definition) is 2. The number of methoxy groups -OCH3 is 2. The Morgan fingerprint density at radius 2 is 1.93 bits per heavy atom. The molecule has 1 amide bonds. The van der Waals surface area contributed by atoms with E-state index in [2.05, 4.69) is 15.7 Å². The van der Waals surface area contributed by atoms with Crippen molar-refractivity contribution in [2.75, 3.05) is 51.2 Å². The summed E-state index contributed by atoms with van der Waals surface area (Å²) >= 11 is 5.44. The number of hydrogen-bond acceptors (Lipinski definition) is 6. The number of aryl methyl sites for hydroxylation is 1. The summed E-state index contributed by atoms with van der Waals surface area (Å²) < 4.78 is 17.6. The Balaban J connectivity index is 1.77. The number of ether oxygens (including phenoxy) is 3. The number of benzene rings is 1. The molecule has 0 radical (unpaired) electrons. The zero-order chi connectivity index (χ0) is 20.8. The fraction of sp³-hybridized carbons (Fsp3) is 0.421. The number of amides is 1. The molecule has 1 aliphatic heterocycles. The van der Waals surface area contributed by atoms with E-state index in [1.807, 2.05) is 6.92 Å². The summed E-state index contributed by atoms with van der Waals surface area (Å²) in [5, 5.41) is 10.8. The third-order valence-electron chi connectivity index (χ3n) is 4.54.